The van der Waals surface area contributed by atoms with Crippen LogP contribution in [-0.2, 0) is 19.1 Å². The Morgan fingerprint density at radius 2 is 1.89 bits per heavy atom. The Morgan fingerprint density at radius 3 is 2.54 bits per heavy atom. The zero-order chi connectivity index (χ0) is 20.5. The molecule has 1 heterocycles. The Morgan fingerprint density at radius 1 is 1.18 bits per heavy atom. The van der Waals surface area contributed by atoms with Gasteiger partial charge in [-0.05, 0) is 37.6 Å². The van der Waals surface area contributed by atoms with Gasteiger partial charge in [0.05, 0.1) is 12.5 Å². The molecule has 0 aliphatic carbocycles. The van der Waals surface area contributed by atoms with E-state index in [1.807, 2.05) is 13.8 Å². The second-order valence-electron chi connectivity index (χ2n) is 6.24. The first-order chi connectivity index (χ1) is 13.4. The molecule has 1 atom stereocenters. The lowest BCUT2D eigenvalue weighted by molar-refractivity contribution is -0.152. The minimum absolute atomic E-state index is 0.00461. The van der Waals surface area contributed by atoms with Crippen molar-refractivity contribution in [2.45, 2.75) is 26.7 Å². The lowest BCUT2D eigenvalue weighted by atomic mass is 10.1. The molecule has 2 N–H and O–H groups in total. The molecule has 28 heavy (non-hydrogen) atoms. The van der Waals surface area contributed by atoms with Crippen molar-refractivity contribution in [3.05, 3.63) is 24.3 Å². The molecule has 152 valence electrons. The molecule has 1 fully saturated rings. The summed E-state index contributed by atoms with van der Waals surface area (Å²) in [6.45, 7) is 4.33. The average molecular weight is 391 g/mol. The highest BCUT2D eigenvalue weighted by molar-refractivity contribution is 6.00. The van der Waals surface area contributed by atoms with Gasteiger partial charge in [-0.1, -0.05) is 6.92 Å². The number of carbonyl (C=O) groups is 4. The standard InChI is InChI=1S/C19H25N3O6/c1-3-9-20-19(26)21-16(23)12-28-18(25)13-10-17(24)22(11-13)14-5-7-15(8-6-14)27-4-2/h5-8,13H,3-4,9-12H2,1-2H3,(H2,20,21,23,26). The van der Waals surface area contributed by atoms with Crippen LogP contribution >= 0.6 is 0 Å². The minimum atomic E-state index is -0.727. The van der Waals surface area contributed by atoms with Crippen LogP contribution in [0.3, 0.4) is 0 Å². The highest BCUT2D eigenvalue weighted by atomic mass is 16.5. The lowest BCUT2D eigenvalue weighted by Crippen LogP contribution is -2.42. The highest BCUT2D eigenvalue weighted by Gasteiger charge is 2.36. The first-order valence-corrected chi connectivity index (χ1v) is 9.22. The van der Waals surface area contributed by atoms with Gasteiger partial charge in [0, 0.05) is 25.2 Å². The lowest BCUT2D eigenvalue weighted by Gasteiger charge is -2.17. The first-order valence-electron chi connectivity index (χ1n) is 9.22. The van der Waals surface area contributed by atoms with E-state index < -0.39 is 30.4 Å². The molecule has 0 aromatic heterocycles. The molecule has 1 aromatic rings. The van der Waals surface area contributed by atoms with Crippen molar-refractivity contribution < 1.29 is 28.7 Å². The SMILES string of the molecule is CCCNC(=O)NC(=O)COC(=O)C1CC(=O)N(c2ccc(OCC)cc2)C1. The van der Waals surface area contributed by atoms with Crippen LogP contribution in [0.4, 0.5) is 10.5 Å². The number of carbonyl (C=O) groups excluding carboxylic acids is 4. The number of nitrogens with one attached hydrogen (secondary N) is 2. The number of hydrogen-bond donors (Lipinski definition) is 2. The van der Waals surface area contributed by atoms with Crippen LogP contribution < -0.4 is 20.3 Å². The molecule has 1 aliphatic heterocycles. The molecule has 1 saturated heterocycles. The van der Waals surface area contributed by atoms with E-state index in [0.29, 0.717) is 24.6 Å². The molecule has 9 heteroatoms. The fourth-order valence-electron chi connectivity index (χ4n) is 2.70. The first kappa shape index (κ1) is 21.2. The average Bonchev–Trinajstić information content (AvgIpc) is 3.07. The Kier molecular flexibility index (Phi) is 7.79. The Balaban J connectivity index is 1.82. The van der Waals surface area contributed by atoms with Crippen molar-refractivity contribution in [3.63, 3.8) is 0 Å². The van der Waals surface area contributed by atoms with E-state index in [0.717, 1.165) is 6.42 Å². The number of anilines is 1. The number of hydrogen-bond acceptors (Lipinski definition) is 6. The molecule has 0 radical (unpaired) electrons. The van der Waals surface area contributed by atoms with E-state index in [1.54, 1.807) is 24.3 Å². The zero-order valence-corrected chi connectivity index (χ0v) is 16.0. The van der Waals surface area contributed by atoms with Crippen molar-refractivity contribution in [1.29, 1.82) is 0 Å². The van der Waals surface area contributed by atoms with Crippen molar-refractivity contribution in [3.8, 4) is 5.75 Å². The van der Waals surface area contributed by atoms with Gasteiger partial charge in [-0.2, -0.15) is 0 Å². The fourth-order valence-corrected chi connectivity index (χ4v) is 2.70. The number of rotatable bonds is 8. The second-order valence-corrected chi connectivity index (χ2v) is 6.24. The summed E-state index contributed by atoms with van der Waals surface area (Å²) in [4.78, 5) is 48.9. The van der Waals surface area contributed by atoms with Crippen LogP contribution in [0.15, 0.2) is 24.3 Å². The fraction of sp³-hybridized carbons (Fsp3) is 0.474. The van der Waals surface area contributed by atoms with Crippen LogP contribution in [0.5, 0.6) is 5.75 Å². The van der Waals surface area contributed by atoms with E-state index >= 15 is 0 Å². The number of benzene rings is 1. The maximum absolute atomic E-state index is 12.2. The van der Waals surface area contributed by atoms with Crippen molar-refractivity contribution in [2.24, 2.45) is 5.92 Å². The van der Waals surface area contributed by atoms with E-state index in [-0.39, 0.29) is 18.9 Å². The number of esters is 1. The van der Waals surface area contributed by atoms with Crippen molar-refractivity contribution in [2.75, 3.05) is 31.2 Å². The van der Waals surface area contributed by atoms with Gasteiger partial charge in [-0.25, -0.2) is 4.79 Å². The molecule has 9 nitrogen and oxygen atoms in total. The third-order valence-corrected chi connectivity index (χ3v) is 4.05. The molecule has 1 aromatic carbocycles. The molecule has 0 saturated carbocycles. The number of urea groups is 1. The van der Waals surface area contributed by atoms with E-state index in [4.69, 9.17) is 9.47 Å². The Labute approximate surface area is 163 Å². The van der Waals surface area contributed by atoms with Gasteiger partial charge in [-0.15, -0.1) is 0 Å². The molecule has 2 rings (SSSR count). The number of imide groups is 1. The topological polar surface area (TPSA) is 114 Å². The molecule has 1 unspecified atom stereocenters. The molecule has 0 spiro atoms. The third-order valence-electron chi connectivity index (χ3n) is 4.05. The predicted octanol–water partition coefficient (Wildman–Crippen LogP) is 1.22. The summed E-state index contributed by atoms with van der Waals surface area (Å²) in [5, 5.41) is 4.54. The van der Waals surface area contributed by atoms with Gasteiger partial charge in [0.1, 0.15) is 5.75 Å². The van der Waals surface area contributed by atoms with Crippen molar-refractivity contribution in [1.82, 2.24) is 10.6 Å². The van der Waals surface area contributed by atoms with E-state index in [9.17, 15) is 19.2 Å². The number of nitrogens with zero attached hydrogens (tertiary/aromatic N) is 1. The second kappa shape index (κ2) is 10.3. The number of amides is 4. The molecule has 0 bridgehead atoms. The monoisotopic (exact) mass is 391 g/mol. The summed E-state index contributed by atoms with van der Waals surface area (Å²) in [7, 11) is 0. The van der Waals surface area contributed by atoms with Gasteiger partial charge in [0.25, 0.3) is 5.91 Å². The summed E-state index contributed by atoms with van der Waals surface area (Å²) in [6.07, 6.45) is 0.738. The quantitative estimate of drug-likeness (QED) is 0.644. The molecule has 4 amide bonds. The van der Waals surface area contributed by atoms with Gasteiger partial charge in [0.15, 0.2) is 6.61 Å². The Hall–Kier alpha value is -3.10. The molecule has 1 aliphatic rings. The summed E-state index contributed by atoms with van der Waals surface area (Å²) in [5.74, 6) is -1.54. The van der Waals surface area contributed by atoms with E-state index in [2.05, 4.69) is 10.6 Å². The maximum atomic E-state index is 12.2. The summed E-state index contributed by atoms with van der Waals surface area (Å²) in [5.41, 5.74) is 0.661. The smallest absolute Gasteiger partial charge is 0.321 e. The molecular weight excluding hydrogens is 366 g/mol. The minimum Gasteiger partial charge on any atom is -0.494 e. The van der Waals surface area contributed by atoms with Crippen LogP contribution in [0.25, 0.3) is 0 Å². The van der Waals surface area contributed by atoms with Crippen molar-refractivity contribution >= 4 is 29.5 Å². The maximum Gasteiger partial charge on any atom is 0.321 e. The van der Waals surface area contributed by atoms with Crippen LogP contribution in [-0.4, -0.2) is 50.1 Å². The van der Waals surface area contributed by atoms with Crippen LogP contribution in [0.1, 0.15) is 26.7 Å². The Bertz CT molecular complexity index is 719. The van der Waals surface area contributed by atoms with Crippen LogP contribution in [0, 0.1) is 5.92 Å². The summed E-state index contributed by atoms with van der Waals surface area (Å²) >= 11 is 0. The van der Waals surface area contributed by atoms with Gasteiger partial charge in [0.2, 0.25) is 5.91 Å². The predicted molar refractivity (Wildman–Crippen MR) is 101 cm³/mol. The van der Waals surface area contributed by atoms with Gasteiger partial charge >= 0.3 is 12.0 Å². The van der Waals surface area contributed by atoms with E-state index in [1.165, 1.54) is 4.90 Å². The zero-order valence-electron chi connectivity index (χ0n) is 16.0. The largest absolute Gasteiger partial charge is 0.494 e. The number of ether oxygens (including phenoxy) is 2. The van der Waals surface area contributed by atoms with Gasteiger partial charge in [-0.3, -0.25) is 19.7 Å². The highest BCUT2D eigenvalue weighted by Crippen LogP contribution is 2.27. The van der Waals surface area contributed by atoms with Gasteiger partial charge < -0.3 is 19.7 Å². The summed E-state index contributed by atoms with van der Waals surface area (Å²) in [6, 6.07) is 6.37. The van der Waals surface area contributed by atoms with Crippen LogP contribution in [0.2, 0.25) is 0 Å². The summed E-state index contributed by atoms with van der Waals surface area (Å²) < 4.78 is 10.3. The third kappa shape index (κ3) is 5.97. The normalized spacial score (nSPS) is 15.9. The molecular formula is C19H25N3O6.